The van der Waals surface area contributed by atoms with Gasteiger partial charge >= 0.3 is 5.97 Å². The molecule has 154 valence electrons. The van der Waals surface area contributed by atoms with Crippen LogP contribution in [0.4, 0.5) is 0 Å². The molecule has 0 unspecified atom stereocenters. The summed E-state index contributed by atoms with van der Waals surface area (Å²) in [6.45, 7) is 6.27. The van der Waals surface area contributed by atoms with Gasteiger partial charge in [0.1, 0.15) is 0 Å². The largest absolute Gasteiger partial charge is 0.481 e. The lowest BCUT2D eigenvalue weighted by Crippen LogP contribution is -2.27. The Kier molecular flexibility index (Phi) is 13.5. The first-order valence-electron chi connectivity index (χ1n) is 9.65. The van der Waals surface area contributed by atoms with Gasteiger partial charge in [0.2, 0.25) is 0 Å². The summed E-state index contributed by atoms with van der Waals surface area (Å²) in [5.41, 5.74) is -0.139. The third-order valence-corrected chi connectivity index (χ3v) is 4.42. The summed E-state index contributed by atoms with van der Waals surface area (Å²) in [7, 11) is 0. The number of carboxylic acid groups (broad SMARTS) is 1. The standard InChI is InChI=1S/C22H36O5/c1-4-5-17-22(2,3)20(25)15-11-9-7-6-8-10-13-18(23)19(24)14-12-16-21(26)27/h6-11,13,15,18-20,23-25H,4-5,12,14,16-17H2,1-3H3,(H,26,27)/b8-6+,9-7-,13-10+,15-11+/t18-,19+,20-/m1/s1. The molecule has 0 aromatic rings. The Morgan fingerprint density at radius 3 is 2.04 bits per heavy atom. The van der Waals surface area contributed by atoms with Crippen molar-refractivity contribution < 1.29 is 25.2 Å². The zero-order valence-corrected chi connectivity index (χ0v) is 16.8. The van der Waals surface area contributed by atoms with E-state index in [1.807, 2.05) is 18.2 Å². The maximum Gasteiger partial charge on any atom is 0.303 e. The lowest BCUT2D eigenvalue weighted by atomic mass is 9.81. The van der Waals surface area contributed by atoms with Crippen LogP contribution in [0, 0.1) is 5.41 Å². The van der Waals surface area contributed by atoms with Gasteiger partial charge in [-0.2, -0.15) is 0 Å². The number of aliphatic hydroxyl groups excluding tert-OH is 3. The number of aliphatic hydroxyl groups is 3. The Morgan fingerprint density at radius 2 is 1.48 bits per heavy atom. The minimum Gasteiger partial charge on any atom is -0.481 e. The Bertz CT molecular complexity index is 517. The first-order valence-corrected chi connectivity index (χ1v) is 9.65. The predicted octanol–water partition coefficient (Wildman–Crippen LogP) is 3.77. The molecule has 0 rings (SSSR count). The summed E-state index contributed by atoms with van der Waals surface area (Å²) in [4.78, 5) is 10.4. The zero-order chi connectivity index (χ0) is 20.7. The molecule has 0 fully saturated rings. The molecule has 0 radical (unpaired) electrons. The number of aliphatic carboxylic acids is 1. The molecule has 5 heteroatoms. The van der Waals surface area contributed by atoms with Gasteiger partial charge in [-0.25, -0.2) is 0 Å². The van der Waals surface area contributed by atoms with Crippen molar-refractivity contribution >= 4 is 5.97 Å². The molecular weight excluding hydrogens is 344 g/mol. The molecule has 3 atom stereocenters. The van der Waals surface area contributed by atoms with Crippen LogP contribution in [0.3, 0.4) is 0 Å². The van der Waals surface area contributed by atoms with Crippen molar-refractivity contribution in [2.24, 2.45) is 5.41 Å². The van der Waals surface area contributed by atoms with E-state index in [0.29, 0.717) is 6.42 Å². The molecule has 0 saturated carbocycles. The van der Waals surface area contributed by atoms with Crippen LogP contribution < -0.4 is 0 Å². The van der Waals surface area contributed by atoms with Crippen LogP contribution in [0.15, 0.2) is 48.6 Å². The highest BCUT2D eigenvalue weighted by Gasteiger charge is 2.24. The molecule has 4 N–H and O–H groups in total. The van der Waals surface area contributed by atoms with Crippen molar-refractivity contribution in [2.75, 3.05) is 0 Å². The normalized spacial score (nSPS) is 16.7. The second kappa shape index (κ2) is 14.4. The highest BCUT2D eigenvalue weighted by Crippen LogP contribution is 2.28. The summed E-state index contributed by atoms with van der Waals surface area (Å²) in [6.07, 6.45) is 15.1. The molecule has 0 aromatic carbocycles. The highest BCUT2D eigenvalue weighted by atomic mass is 16.4. The molecule has 27 heavy (non-hydrogen) atoms. The van der Waals surface area contributed by atoms with Crippen molar-refractivity contribution in [1.82, 2.24) is 0 Å². The summed E-state index contributed by atoms with van der Waals surface area (Å²) < 4.78 is 0. The summed E-state index contributed by atoms with van der Waals surface area (Å²) >= 11 is 0. The van der Waals surface area contributed by atoms with Gasteiger partial charge in [0.05, 0.1) is 18.3 Å². The minimum absolute atomic E-state index is 0.0177. The van der Waals surface area contributed by atoms with Gasteiger partial charge in [0, 0.05) is 6.42 Å². The van der Waals surface area contributed by atoms with E-state index in [2.05, 4.69) is 20.8 Å². The first kappa shape index (κ1) is 25.3. The van der Waals surface area contributed by atoms with Gasteiger partial charge in [0.15, 0.2) is 0 Å². The van der Waals surface area contributed by atoms with E-state index < -0.39 is 24.3 Å². The fraction of sp³-hybridized carbons (Fsp3) is 0.591. The molecule has 0 amide bonds. The molecule has 0 aliphatic rings. The summed E-state index contributed by atoms with van der Waals surface area (Å²) in [5, 5.41) is 38.2. The van der Waals surface area contributed by atoms with E-state index in [0.717, 1.165) is 19.3 Å². The fourth-order valence-corrected chi connectivity index (χ4v) is 2.41. The minimum atomic E-state index is -1.02. The van der Waals surface area contributed by atoms with Crippen LogP contribution in [0.25, 0.3) is 0 Å². The maximum atomic E-state index is 10.4. The van der Waals surface area contributed by atoms with Crippen LogP contribution in [-0.4, -0.2) is 44.7 Å². The number of allylic oxidation sites excluding steroid dienone is 6. The maximum absolute atomic E-state index is 10.4. The summed E-state index contributed by atoms with van der Waals surface area (Å²) in [6, 6.07) is 0. The topological polar surface area (TPSA) is 98.0 Å². The monoisotopic (exact) mass is 380 g/mol. The number of unbranched alkanes of at least 4 members (excludes halogenated alkanes) is 1. The van der Waals surface area contributed by atoms with Crippen molar-refractivity contribution in [3.8, 4) is 0 Å². The van der Waals surface area contributed by atoms with Crippen LogP contribution >= 0.6 is 0 Å². The Morgan fingerprint density at radius 1 is 0.926 bits per heavy atom. The van der Waals surface area contributed by atoms with Gasteiger partial charge in [-0.1, -0.05) is 82.2 Å². The molecule has 0 bridgehead atoms. The predicted molar refractivity (Wildman–Crippen MR) is 109 cm³/mol. The van der Waals surface area contributed by atoms with E-state index in [4.69, 9.17) is 5.11 Å². The van der Waals surface area contributed by atoms with Crippen molar-refractivity contribution in [3.05, 3.63) is 48.6 Å². The smallest absolute Gasteiger partial charge is 0.303 e. The molecule has 0 heterocycles. The second-order valence-corrected chi connectivity index (χ2v) is 7.42. The lowest BCUT2D eigenvalue weighted by Gasteiger charge is -2.28. The zero-order valence-electron chi connectivity index (χ0n) is 16.8. The molecule has 0 saturated heterocycles. The fourth-order valence-electron chi connectivity index (χ4n) is 2.41. The lowest BCUT2D eigenvalue weighted by molar-refractivity contribution is -0.137. The molecule has 0 spiro atoms. The Balaban J connectivity index is 4.22. The summed E-state index contributed by atoms with van der Waals surface area (Å²) in [5.74, 6) is -0.909. The van der Waals surface area contributed by atoms with E-state index in [1.54, 1.807) is 24.3 Å². The van der Waals surface area contributed by atoms with Crippen molar-refractivity contribution in [2.45, 2.75) is 77.6 Å². The van der Waals surface area contributed by atoms with Crippen LogP contribution in [0.1, 0.15) is 59.3 Å². The van der Waals surface area contributed by atoms with E-state index in [1.165, 1.54) is 6.08 Å². The van der Waals surface area contributed by atoms with Crippen LogP contribution in [0.2, 0.25) is 0 Å². The van der Waals surface area contributed by atoms with E-state index in [9.17, 15) is 20.1 Å². The number of hydrogen-bond acceptors (Lipinski definition) is 4. The average molecular weight is 381 g/mol. The number of carboxylic acids is 1. The molecule has 0 aliphatic carbocycles. The van der Waals surface area contributed by atoms with Gasteiger partial charge < -0.3 is 20.4 Å². The molecule has 5 nitrogen and oxygen atoms in total. The third kappa shape index (κ3) is 13.2. The molecular formula is C22H36O5. The Hall–Kier alpha value is -1.69. The molecule has 0 aromatic heterocycles. The van der Waals surface area contributed by atoms with Crippen molar-refractivity contribution in [3.63, 3.8) is 0 Å². The number of carbonyl (C=O) groups is 1. The Labute approximate surface area is 163 Å². The SMILES string of the molecule is CCCCC(C)(C)[C@H](O)/C=C/C=C\C=C\C=C\[C@@H](O)[C@@H](O)CCCC(=O)O. The average Bonchev–Trinajstić information content (AvgIpc) is 2.61. The van der Waals surface area contributed by atoms with Crippen LogP contribution in [-0.2, 0) is 4.79 Å². The van der Waals surface area contributed by atoms with E-state index >= 15 is 0 Å². The number of rotatable bonds is 14. The number of hydrogen-bond donors (Lipinski definition) is 4. The van der Waals surface area contributed by atoms with Crippen LogP contribution in [0.5, 0.6) is 0 Å². The van der Waals surface area contributed by atoms with E-state index in [-0.39, 0.29) is 18.3 Å². The molecule has 0 aliphatic heterocycles. The van der Waals surface area contributed by atoms with Crippen molar-refractivity contribution in [1.29, 1.82) is 0 Å². The quantitative estimate of drug-likeness (QED) is 0.344. The van der Waals surface area contributed by atoms with Gasteiger partial charge in [-0.3, -0.25) is 4.79 Å². The first-order chi connectivity index (χ1) is 12.7. The second-order valence-electron chi connectivity index (χ2n) is 7.42. The highest BCUT2D eigenvalue weighted by molar-refractivity contribution is 5.66. The van der Waals surface area contributed by atoms with Gasteiger partial charge in [-0.15, -0.1) is 0 Å². The third-order valence-electron chi connectivity index (χ3n) is 4.42. The van der Waals surface area contributed by atoms with Gasteiger partial charge in [0.25, 0.3) is 0 Å². The van der Waals surface area contributed by atoms with Gasteiger partial charge in [-0.05, 0) is 24.7 Å².